The van der Waals surface area contributed by atoms with Crippen LogP contribution in [0.3, 0.4) is 0 Å². The second kappa shape index (κ2) is 6.60. The Morgan fingerprint density at radius 3 is 2.87 bits per heavy atom. The number of anilines is 1. The van der Waals surface area contributed by atoms with Crippen molar-refractivity contribution in [2.45, 2.75) is 26.2 Å². The largest absolute Gasteiger partial charge is 0.497 e. The number of hydrogen-bond acceptors (Lipinski definition) is 3. The van der Waals surface area contributed by atoms with E-state index in [1.165, 1.54) is 6.42 Å². The molecule has 0 aliphatic carbocycles. The van der Waals surface area contributed by atoms with E-state index in [0.717, 1.165) is 30.9 Å². The number of likely N-dealkylation sites (tertiary alicyclic amines) is 1. The SMILES string of the molecule is COc1cccc(N2C[C@@H](C(=O)N3CCC[C@@H](C)C3)CC2=O)c1. The summed E-state index contributed by atoms with van der Waals surface area (Å²) in [5, 5.41) is 0. The van der Waals surface area contributed by atoms with Crippen molar-refractivity contribution in [2.24, 2.45) is 11.8 Å². The predicted octanol–water partition coefficient (Wildman–Crippen LogP) is 2.31. The Labute approximate surface area is 137 Å². The zero-order chi connectivity index (χ0) is 16.4. The van der Waals surface area contributed by atoms with Gasteiger partial charge in [0.25, 0.3) is 0 Å². The molecule has 23 heavy (non-hydrogen) atoms. The molecule has 2 heterocycles. The predicted molar refractivity (Wildman–Crippen MR) is 88.4 cm³/mol. The molecular formula is C18H24N2O3. The van der Waals surface area contributed by atoms with Crippen molar-refractivity contribution in [3.63, 3.8) is 0 Å². The maximum atomic E-state index is 12.7. The van der Waals surface area contributed by atoms with E-state index < -0.39 is 0 Å². The van der Waals surface area contributed by atoms with Gasteiger partial charge in [-0.3, -0.25) is 9.59 Å². The van der Waals surface area contributed by atoms with Crippen LogP contribution in [0.4, 0.5) is 5.69 Å². The molecule has 0 radical (unpaired) electrons. The van der Waals surface area contributed by atoms with Gasteiger partial charge in [0.05, 0.1) is 13.0 Å². The molecule has 2 saturated heterocycles. The second-order valence-corrected chi connectivity index (χ2v) is 6.64. The monoisotopic (exact) mass is 316 g/mol. The average Bonchev–Trinajstić information content (AvgIpc) is 2.96. The molecule has 0 bridgehead atoms. The molecule has 2 fully saturated rings. The van der Waals surface area contributed by atoms with Crippen molar-refractivity contribution in [1.82, 2.24) is 4.90 Å². The molecule has 0 unspecified atom stereocenters. The fourth-order valence-corrected chi connectivity index (χ4v) is 3.55. The van der Waals surface area contributed by atoms with E-state index in [0.29, 0.717) is 18.9 Å². The third kappa shape index (κ3) is 3.33. The van der Waals surface area contributed by atoms with Crippen LogP contribution in [0.5, 0.6) is 5.75 Å². The highest BCUT2D eigenvalue weighted by Gasteiger charge is 2.38. The lowest BCUT2D eigenvalue weighted by molar-refractivity contribution is -0.137. The molecule has 5 nitrogen and oxygen atoms in total. The zero-order valence-electron chi connectivity index (χ0n) is 13.8. The molecule has 124 valence electrons. The van der Waals surface area contributed by atoms with Crippen molar-refractivity contribution >= 4 is 17.5 Å². The molecule has 0 spiro atoms. The fourth-order valence-electron chi connectivity index (χ4n) is 3.55. The van der Waals surface area contributed by atoms with Crippen LogP contribution in [0.25, 0.3) is 0 Å². The lowest BCUT2D eigenvalue weighted by atomic mass is 9.98. The van der Waals surface area contributed by atoms with Gasteiger partial charge in [0.15, 0.2) is 0 Å². The van der Waals surface area contributed by atoms with Crippen LogP contribution in [-0.2, 0) is 9.59 Å². The fraction of sp³-hybridized carbons (Fsp3) is 0.556. The van der Waals surface area contributed by atoms with Crippen LogP contribution >= 0.6 is 0 Å². The molecule has 0 saturated carbocycles. The lowest BCUT2D eigenvalue weighted by Crippen LogP contribution is -2.43. The molecule has 1 aromatic rings. The van der Waals surface area contributed by atoms with E-state index in [1.54, 1.807) is 12.0 Å². The van der Waals surface area contributed by atoms with Crippen LogP contribution in [0.15, 0.2) is 24.3 Å². The highest BCUT2D eigenvalue weighted by Crippen LogP contribution is 2.29. The van der Waals surface area contributed by atoms with Gasteiger partial charge >= 0.3 is 0 Å². The van der Waals surface area contributed by atoms with Gasteiger partial charge in [0.1, 0.15) is 5.75 Å². The third-order valence-electron chi connectivity index (χ3n) is 4.81. The average molecular weight is 316 g/mol. The third-order valence-corrected chi connectivity index (χ3v) is 4.81. The van der Waals surface area contributed by atoms with Crippen LogP contribution in [0.2, 0.25) is 0 Å². The number of amides is 2. The first-order valence-corrected chi connectivity index (χ1v) is 8.31. The summed E-state index contributed by atoms with van der Waals surface area (Å²) in [6.45, 7) is 4.30. The first-order valence-electron chi connectivity index (χ1n) is 8.31. The molecule has 2 aliphatic heterocycles. The Morgan fingerprint density at radius 2 is 2.13 bits per heavy atom. The summed E-state index contributed by atoms with van der Waals surface area (Å²) in [6, 6.07) is 7.44. The van der Waals surface area contributed by atoms with Crippen LogP contribution < -0.4 is 9.64 Å². The number of nitrogens with zero attached hydrogens (tertiary/aromatic N) is 2. The Bertz CT molecular complexity index is 602. The van der Waals surface area contributed by atoms with Gasteiger partial charge < -0.3 is 14.5 Å². The molecule has 1 aromatic carbocycles. The van der Waals surface area contributed by atoms with Gasteiger partial charge in [-0.05, 0) is 30.9 Å². The summed E-state index contributed by atoms with van der Waals surface area (Å²) in [7, 11) is 1.61. The number of methoxy groups -OCH3 is 1. The molecular weight excluding hydrogens is 292 g/mol. The number of hydrogen-bond donors (Lipinski definition) is 0. The summed E-state index contributed by atoms with van der Waals surface area (Å²) in [5.41, 5.74) is 0.802. The smallest absolute Gasteiger partial charge is 0.228 e. The molecule has 0 aromatic heterocycles. The van der Waals surface area contributed by atoms with Crippen molar-refractivity contribution in [3.05, 3.63) is 24.3 Å². The first-order chi connectivity index (χ1) is 11.1. The number of ether oxygens (including phenoxy) is 1. The van der Waals surface area contributed by atoms with Gasteiger partial charge in [0, 0.05) is 37.8 Å². The Balaban J connectivity index is 1.70. The number of piperidine rings is 1. The number of carbonyl (C=O) groups is 2. The first kappa shape index (κ1) is 15.8. The van der Waals surface area contributed by atoms with Crippen molar-refractivity contribution < 1.29 is 14.3 Å². The van der Waals surface area contributed by atoms with E-state index >= 15 is 0 Å². The summed E-state index contributed by atoms with van der Waals surface area (Å²) in [6.07, 6.45) is 2.55. The number of carbonyl (C=O) groups excluding carboxylic acids is 2. The van der Waals surface area contributed by atoms with Crippen LogP contribution in [0.1, 0.15) is 26.2 Å². The van der Waals surface area contributed by atoms with Gasteiger partial charge in [-0.2, -0.15) is 0 Å². The Morgan fingerprint density at radius 1 is 1.30 bits per heavy atom. The van der Waals surface area contributed by atoms with Crippen molar-refractivity contribution in [1.29, 1.82) is 0 Å². The normalized spacial score (nSPS) is 24.9. The zero-order valence-corrected chi connectivity index (χ0v) is 13.8. The summed E-state index contributed by atoms with van der Waals surface area (Å²) >= 11 is 0. The van der Waals surface area contributed by atoms with Crippen molar-refractivity contribution in [2.75, 3.05) is 31.6 Å². The number of benzene rings is 1. The standard InChI is InChI=1S/C18H24N2O3/c1-13-5-4-8-19(11-13)18(22)14-9-17(21)20(12-14)15-6-3-7-16(10-15)23-2/h3,6-7,10,13-14H,4-5,8-9,11-12H2,1-2H3/t13-,14+/m1/s1. The van der Waals surface area contributed by atoms with E-state index in [2.05, 4.69) is 6.92 Å². The van der Waals surface area contributed by atoms with Crippen molar-refractivity contribution in [3.8, 4) is 5.75 Å². The molecule has 3 rings (SSSR count). The van der Waals surface area contributed by atoms with Gasteiger partial charge in [-0.15, -0.1) is 0 Å². The minimum atomic E-state index is -0.223. The van der Waals surface area contributed by atoms with E-state index in [1.807, 2.05) is 29.2 Å². The van der Waals surface area contributed by atoms with Crippen LogP contribution in [0, 0.1) is 11.8 Å². The Hall–Kier alpha value is -2.04. The van der Waals surface area contributed by atoms with E-state index in [-0.39, 0.29) is 17.7 Å². The minimum Gasteiger partial charge on any atom is -0.497 e. The maximum absolute atomic E-state index is 12.7. The molecule has 2 amide bonds. The molecule has 2 aliphatic rings. The van der Waals surface area contributed by atoms with E-state index in [9.17, 15) is 9.59 Å². The van der Waals surface area contributed by atoms with Gasteiger partial charge in [0.2, 0.25) is 11.8 Å². The highest BCUT2D eigenvalue weighted by molar-refractivity contribution is 6.00. The Kier molecular flexibility index (Phi) is 4.55. The highest BCUT2D eigenvalue weighted by atomic mass is 16.5. The summed E-state index contributed by atoms with van der Waals surface area (Å²) in [4.78, 5) is 28.7. The minimum absolute atomic E-state index is 0.0154. The second-order valence-electron chi connectivity index (χ2n) is 6.64. The molecule has 2 atom stereocenters. The van der Waals surface area contributed by atoms with Gasteiger partial charge in [-0.25, -0.2) is 0 Å². The molecule has 0 N–H and O–H groups in total. The lowest BCUT2D eigenvalue weighted by Gasteiger charge is -2.32. The maximum Gasteiger partial charge on any atom is 0.228 e. The molecule has 5 heteroatoms. The van der Waals surface area contributed by atoms with Crippen LogP contribution in [-0.4, -0.2) is 43.5 Å². The number of rotatable bonds is 3. The topological polar surface area (TPSA) is 49.9 Å². The van der Waals surface area contributed by atoms with E-state index in [4.69, 9.17) is 4.74 Å². The summed E-state index contributed by atoms with van der Waals surface area (Å²) < 4.78 is 5.22. The summed E-state index contributed by atoms with van der Waals surface area (Å²) in [5.74, 6) is 1.20. The quantitative estimate of drug-likeness (QED) is 0.860. The van der Waals surface area contributed by atoms with Gasteiger partial charge in [-0.1, -0.05) is 13.0 Å².